The van der Waals surface area contributed by atoms with E-state index in [2.05, 4.69) is 0 Å². The number of Topliss-reactive ketones (excluding diaryl/α,β-unsaturated/α-hetero) is 1. The summed E-state index contributed by atoms with van der Waals surface area (Å²) in [5.74, 6) is -2.64. The molecule has 1 unspecified atom stereocenters. The highest BCUT2D eigenvalue weighted by Crippen LogP contribution is 2.37. The molecule has 88 valence electrons. The standard InChI is InChI=1S/C11H14O5/c1-4-11(3)5-16-10(15)7(6(2)12)8(11)9(13)14/h4-5H2,1-3H3,(H,13,14). The van der Waals surface area contributed by atoms with Crippen LogP contribution in [0.25, 0.3) is 0 Å². The molecule has 0 spiro atoms. The third-order valence-electron chi connectivity index (χ3n) is 2.93. The molecule has 0 radical (unpaired) electrons. The Hall–Kier alpha value is -1.65. The number of carbonyl (C=O) groups is 3. The van der Waals surface area contributed by atoms with E-state index in [1.807, 2.05) is 0 Å². The van der Waals surface area contributed by atoms with Gasteiger partial charge in [-0.15, -0.1) is 0 Å². The van der Waals surface area contributed by atoms with Gasteiger partial charge in [0.2, 0.25) is 0 Å². The molecule has 1 atom stereocenters. The second-order valence-corrected chi connectivity index (χ2v) is 4.10. The van der Waals surface area contributed by atoms with Crippen LogP contribution >= 0.6 is 0 Å². The molecule has 16 heavy (non-hydrogen) atoms. The van der Waals surface area contributed by atoms with Crippen molar-refractivity contribution in [2.24, 2.45) is 5.41 Å². The normalized spacial score (nSPS) is 25.3. The van der Waals surface area contributed by atoms with Crippen LogP contribution in [0.1, 0.15) is 27.2 Å². The van der Waals surface area contributed by atoms with Crippen LogP contribution in [0.15, 0.2) is 11.1 Å². The molecule has 5 heteroatoms. The molecule has 0 aromatic carbocycles. The van der Waals surface area contributed by atoms with Gasteiger partial charge in [-0.05, 0) is 13.3 Å². The number of hydrogen-bond acceptors (Lipinski definition) is 4. The summed E-state index contributed by atoms with van der Waals surface area (Å²) < 4.78 is 4.86. The lowest BCUT2D eigenvalue weighted by Gasteiger charge is -2.33. The first-order valence-corrected chi connectivity index (χ1v) is 4.99. The van der Waals surface area contributed by atoms with Gasteiger partial charge in [0.1, 0.15) is 12.2 Å². The van der Waals surface area contributed by atoms with Crippen molar-refractivity contribution >= 4 is 17.7 Å². The van der Waals surface area contributed by atoms with Gasteiger partial charge in [-0.25, -0.2) is 9.59 Å². The van der Waals surface area contributed by atoms with Gasteiger partial charge in [0, 0.05) is 5.41 Å². The lowest BCUT2D eigenvalue weighted by atomic mass is 9.76. The molecular formula is C11H14O5. The Balaban J connectivity index is 3.48. The van der Waals surface area contributed by atoms with Crippen LogP contribution in [0, 0.1) is 5.41 Å². The molecule has 0 amide bonds. The van der Waals surface area contributed by atoms with Gasteiger partial charge in [0.15, 0.2) is 5.78 Å². The van der Waals surface area contributed by atoms with E-state index < -0.39 is 23.1 Å². The Labute approximate surface area is 93.1 Å². The summed E-state index contributed by atoms with van der Waals surface area (Å²) in [6, 6.07) is 0. The Bertz CT molecular complexity index is 393. The first-order valence-electron chi connectivity index (χ1n) is 4.99. The van der Waals surface area contributed by atoms with Crippen molar-refractivity contribution in [3.63, 3.8) is 0 Å². The van der Waals surface area contributed by atoms with Crippen molar-refractivity contribution in [3.05, 3.63) is 11.1 Å². The van der Waals surface area contributed by atoms with Crippen LogP contribution in [0.5, 0.6) is 0 Å². The van der Waals surface area contributed by atoms with Gasteiger partial charge in [-0.3, -0.25) is 4.79 Å². The number of carbonyl (C=O) groups excluding carboxylic acids is 2. The molecule has 5 nitrogen and oxygen atoms in total. The highest BCUT2D eigenvalue weighted by atomic mass is 16.5. The fourth-order valence-electron chi connectivity index (χ4n) is 1.74. The summed E-state index contributed by atoms with van der Waals surface area (Å²) >= 11 is 0. The monoisotopic (exact) mass is 226 g/mol. The molecule has 1 rings (SSSR count). The van der Waals surface area contributed by atoms with E-state index in [9.17, 15) is 14.4 Å². The van der Waals surface area contributed by atoms with Gasteiger partial charge in [0.25, 0.3) is 0 Å². The predicted molar refractivity (Wildman–Crippen MR) is 54.7 cm³/mol. The van der Waals surface area contributed by atoms with Crippen molar-refractivity contribution in [3.8, 4) is 0 Å². The molecule has 0 aliphatic carbocycles. The van der Waals surface area contributed by atoms with Crippen molar-refractivity contribution < 1.29 is 24.2 Å². The molecule has 0 aromatic rings. The Kier molecular flexibility index (Phi) is 3.16. The highest BCUT2D eigenvalue weighted by Gasteiger charge is 2.43. The summed E-state index contributed by atoms with van der Waals surface area (Å²) in [6.07, 6.45) is 0.485. The van der Waals surface area contributed by atoms with Crippen LogP contribution < -0.4 is 0 Å². The quantitative estimate of drug-likeness (QED) is 0.572. The molecule has 0 saturated heterocycles. The zero-order chi connectivity index (χ0) is 12.5. The molecule has 0 saturated carbocycles. The van der Waals surface area contributed by atoms with E-state index in [0.29, 0.717) is 6.42 Å². The van der Waals surface area contributed by atoms with Crippen LogP contribution in [0.2, 0.25) is 0 Å². The maximum Gasteiger partial charge on any atom is 0.342 e. The van der Waals surface area contributed by atoms with Gasteiger partial charge in [-0.2, -0.15) is 0 Å². The molecular weight excluding hydrogens is 212 g/mol. The molecule has 1 heterocycles. The second-order valence-electron chi connectivity index (χ2n) is 4.10. The summed E-state index contributed by atoms with van der Waals surface area (Å²) in [4.78, 5) is 33.9. The predicted octanol–water partition coefficient (Wildman–Crippen LogP) is 0.930. The molecule has 0 bridgehead atoms. The summed E-state index contributed by atoms with van der Waals surface area (Å²) in [5.41, 5.74) is -1.25. The Morgan fingerprint density at radius 3 is 2.44 bits per heavy atom. The van der Waals surface area contributed by atoms with Gasteiger partial charge in [-0.1, -0.05) is 13.8 Å². The van der Waals surface area contributed by atoms with E-state index in [4.69, 9.17) is 9.84 Å². The minimum Gasteiger partial charge on any atom is -0.478 e. The number of aliphatic carboxylic acids is 1. The van der Waals surface area contributed by atoms with Crippen molar-refractivity contribution in [2.75, 3.05) is 6.61 Å². The van der Waals surface area contributed by atoms with Crippen molar-refractivity contribution in [1.82, 2.24) is 0 Å². The number of hydrogen-bond donors (Lipinski definition) is 1. The molecule has 0 aromatic heterocycles. The number of carboxylic acid groups (broad SMARTS) is 1. The van der Waals surface area contributed by atoms with Crippen molar-refractivity contribution in [2.45, 2.75) is 27.2 Å². The lowest BCUT2D eigenvalue weighted by Crippen LogP contribution is -2.39. The van der Waals surface area contributed by atoms with E-state index in [-0.39, 0.29) is 17.8 Å². The van der Waals surface area contributed by atoms with Crippen LogP contribution in [-0.4, -0.2) is 29.4 Å². The summed E-state index contributed by atoms with van der Waals surface area (Å²) in [7, 11) is 0. The smallest absolute Gasteiger partial charge is 0.342 e. The topological polar surface area (TPSA) is 80.7 Å². The van der Waals surface area contributed by atoms with Gasteiger partial charge in [0.05, 0.1) is 5.57 Å². The SMILES string of the molecule is CCC1(C)COC(=O)C(C(C)=O)=C1C(=O)O. The Morgan fingerprint density at radius 2 is 2.06 bits per heavy atom. The third kappa shape index (κ3) is 1.85. The number of ketones is 1. The minimum atomic E-state index is -1.23. The van der Waals surface area contributed by atoms with E-state index in [1.165, 1.54) is 6.92 Å². The zero-order valence-electron chi connectivity index (χ0n) is 9.49. The first kappa shape index (κ1) is 12.4. The largest absolute Gasteiger partial charge is 0.478 e. The van der Waals surface area contributed by atoms with E-state index >= 15 is 0 Å². The maximum atomic E-state index is 11.4. The maximum absolute atomic E-state index is 11.4. The number of rotatable bonds is 3. The average molecular weight is 226 g/mol. The van der Waals surface area contributed by atoms with Crippen molar-refractivity contribution in [1.29, 1.82) is 0 Å². The van der Waals surface area contributed by atoms with Crippen LogP contribution in [0.4, 0.5) is 0 Å². The zero-order valence-corrected chi connectivity index (χ0v) is 9.49. The lowest BCUT2D eigenvalue weighted by molar-refractivity contribution is -0.149. The second kappa shape index (κ2) is 4.08. The van der Waals surface area contributed by atoms with Crippen LogP contribution in [-0.2, 0) is 19.1 Å². The van der Waals surface area contributed by atoms with E-state index in [0.717, 1.165) is 0 Å². The number of ether oxygens (including phenoxy) is 1. The Morgan fingerprint density at radius 1 is 1.50 bits per heavy atom. The summed E-state index contributed by atoms with van der Waals surface area (Å²) in [5, 5.41) is 9.12. The molecule has 1 N–H and O–H groups in total. The molecule has 0 fully saturated rings. The third-order valence-corrected chi connectivity index (χ3v) is 2.93. The highest BCUT2D eigenvalue weighted by molar-refractivity contribution is 6.21. The minimum absolute atomic E-state index is 0.000741. The summed E-state index contributed by atoms with van der Waals surface area (Å²) in [6.45, 7) is 4.63. The first-order chi connectivity index (χ1) is 7.33. The van der Waals surface area contributed by atoms with Gasteiger partial charge >= 0.3 is 11.9 Å². The fourth-order valence-corrected chi connectivity index (χ4v) is 1.74. The number of esters is 1. The molecule has 1 aliphatic heterocycles. The average Bonchev–Trinajstić information content (AvgIpc) is 2.20. The fraction of sp³-hybridized carbons (Fsp3) is 0.545. The van der Waals surface area contributed by atoms with Gasteiger partial charge < -0.3 is 9.84 Å². The van der Waals surface area contributed by atoms with E-state index in [1.54, 1.807) is 13.8 Å². The number of cyclic esters (lactones) is 1. The van der Waals surface area contributed by atoms with Crippen LogP contribution in [0.3, 0.4) is 0 Å². The molecule has 1 aliphatic rings. The number of carboxylic acids is 1.